The van der Waals surface area contributed by atoms with E-state index in [1.54, 1.807) is 0 Å². The molecule has 10 heavy (non-hydrogen) atoms. The molecule has 1 saturated carbocycles. The normalized spacial score (nSPS) is 39.3. The molecule has 0 N–H and O–H groups in total. The van der Waals surface area contributed by atoms with Crippen molar-refractivity contribution in [3.05, 3.63) is 0 Å². The van der Waals surface area contributed by atoms with Crippen LogP contribution < -0.4 is 0 Å². The van der Waals surface area contributed by atoms with Crippen LogP contribution in [-0.2, 0) is 0 Å². The first-order valence-corrected chi connectivity index (χ1v) is 4.79. The molecule has 0 aromatic rings. The Morgan fingerprint density at radius 2 is 1.90 bits per heavy atom. The molecule has 0 amide bonds. The van der Waals surface area contributed by atoms with E-state index in [0.29, 0.717) is 0 Å². The molecule has 0 heterocycles. The van der Waals surface area contributed by atoms with Crippen LogP contribution in [0.15, 0.2) is 0 Å². The smallest absolute Gasteiger partial charge is 0.0383 e. The van der Waals surface area contributed by atoms with Gasteiger partial charge in [0.2, 0.25) is 0 Å². The first-order chi connectivity index (χ1) is 4.79. The van der Waals surface area contributed by atoms with Crippen molar-refractivity contribution in [2.45, 2.75) is 46.5 Å². The van der Waals surface area contributed by atoms with Crippen LogP contribution in [0.25, 0.3) is 0 Å². The predicted octanol–water partition coefficient (Wildman–Crippen LogP) is 3.47. The van der Waals surface area contributed by atoms with Crippen molar-refractivity contribution in [3.63, 3.8) is 0 Å². The minimum atomic E-state index is 1.03. The SMILES string of the molecule is CCCC1CC(CC)C1C. The van der Waals surface area contributed by atoms with Gasteiger partial charge in [0.25, 0.3) is 0 Å². The number of hydrogen-bond donors (Lipinski definition) is 0. The Morgan fingerprint density at radius 3 is 2.30 bits per heavy atom. The lowest BCUT2D eigenvalue weighted by atomic mass is 9.63. The van der Waals surface area contributed by atoms with Gasteiger partial charge in [0.1, 0.15) is 0 Å². The van der Waals surface area contributed by atoms with E-state index in [9.17, 15) is 0 Å². The fourth-order valence-electron chi connectivity index (χ4n) is 2.30. The summed E-state index contributed by atoms with van der Waals surface area (Å²) in [4.78, 5) is 0. The zero-order chi connectivity index (χ0) is 7.56. The quantitative estimate of drug-likeness (QED) is 0.563. The molecule has 3 unspecified atom stereocenters. The summed E-state index contributed by atoms with van der Waals surface area (Å²) < 4.78 is 0. The average molecular weight is 140 g/mol. The largest absolute Gasteiger partial charge is 0.0654 e. The first-order valence-electron chi connectivity index (χ1n) is 4.79. The Labute approximate surface area is 65.0 Å². The van der Waals surface area contributed by atoms with Crippen LogP contribution in [0, 0.1) is 17.8 Å². The Morgan fingerprint density at radius 1 is 1.20 bits per heavy atom. The molecule has 60 valence electrons. The van der Waals surface area contributed by atoms with Crippen molar-refractivity contribution in [1.29, 1.82) is 0 Å². The van der Waals surface area contributed by atoms with Gasteiger partial charge in [0.05, 0.1) is 0 Å². The van der Waals surface area contributed by atoms with Crippen LogP contribution in [0.3, 0.4) is 0 Å². The number of rotatable bonds is 3. The van der Waals surface area contributed by atoms with Gasteiger partial charge in [0, 0.05) is 0 Å². The van der Waals surface area contributed by atoms with Crippen LogP contribution in [0.4, 0.5) is 0 Å². The molecular weight excluding hydrogens is 120 g/mol. The van der Waals surface area contributed by atoms with Crippen molar-refractivity contribution >= 4 is 0 Å². The predicted molar refractivity (Wildman–Crippen MR) is 46.0 cm³/mol. The summed E-state index contributed by atoms with van der Waals surface area (Å²) in [5.41, 5.74) is 0. The molecule has 0 aromatic heterocycles. The maximum atomic E-state index is 2.43. The third-order valence-corrected chi connectivity index (χ3v) is 3.28. The van der Waals surface area contributed by atoms with Gasteiger partial charge in [0.15, 0.2) is 0 Å². The summed E-state index contributed by atoms with van der Waals surface area (Å²) in [7, 11) is 0. The molecule has 0 saturated heterocycles. The monoisotopic (exact) mass is 140 g/mol. The lowest BCUT2D eigenvalue weighted by molar-refractivity contribution is 0.0763. The zero-order valence-electron chi connectivity index (χ0n) is 7.56. The second kappa shape index (κ2) is 3.41. The lowest BCUT2D eigenvalue weighted by Gasteiger charge is -2.42. The van der Waals surface area contributed by atoms with Gasteiger partial charge in [-0.25, -0.2) is 0 Å². The molecule has 0 spiro atoms. The molecule has 0 radical (unpaired) electrons. The average Bonchev–Trinajstić information content (AvgIpc) is 1.96. The highest BCUT2D eigenvalue weighted by atomic mass is 14.4. The molecule has 1 fully saturated rings. The molecule has 0 aliphatic heterocycles. The highest BCUT2D eigenvalue weighted by Gasteiger charge is 2.34. The maximum absolute atomic E-state index is 2.43. The first kappa shape index (κ1) is 8.10. The van der Waals surface area contributed by atoms with E-state index >= 15 is 0 Å². The Balaban J connectivity index is 2.18. The van der Waals surface area contributed by atoms with Gasteiger partial charge in [-0.05, 0) is 24.2 Å². The van der Waals surface area contributed by atoms with Gasteiger partial charge in [-0.15, -0.1) is 0 Å². The molecule has 0 nitrogen and oxygen atoms in total. The maximum Gasteiger partial charge on any atom is -0.0383 e. The summed E-state index contributed by atoms with van der Waals surface area (Å²) in [6.07, 6.45) is 5.77. The Hall–Kier alpha value is 0. The molecule has 0 bridgehead atoms. The van der Waals surface area contributed by atoms with Crippen molar-refractivity contribution in [2.24, 2.45) is 17.8 Å². The molecular formula is C10H20. The van der Waals surface area contributed by atoms with Gasteiger partial charge >= 0.3 is 0 Å². The lowest BCUT2D eigenvalue weighted by Crippen LogP contribution is -2.33. The van der Waals surface area contributed by atoms with E-state index in [1.807, 2.05) is 0 Å². The van der Waals surface area contributed by atoms with E-state index in [-0.39, 0.29) is 0 Å². The van der Waals surface area contributed by atoms with Gasteiger partial charge in [-0.2, -0.15) is 0 Å². The topological polar surface area (TPSA) is 0 Å². The third-order valence-electron chi connectivity index (χ3n) is 3.28. The zero-order valence-corrected chi connectivity index (χ0v) is 7.56. The second-order valence-corrected chi connectivity index (χ2v) is 3.81. The highest BCUT2D eigenvalue weighted by Crippen LogP contribution is 2.44. The van der Waals surface area contributed by atoms with E-state index in [1.165, 1.54) is 25.7 Å². The van der Waals surface area contributed by atoms with Crippen LogP contribution in [0.5, 0.6) is 0 Å². The second-order valence-electron chi connectivity index (χ2n) is 3.81. The number of hydrogen-bond acceptors (Lipinski definition) is 0. The van der Waals surface area contributed by atoms with Gasteiger partial charge in [-0.1, -0.05) is 40.0 Å². The molecule has 1 aliphatic rings. The summed E-state index contributed by atoms with van der Waals surface area (Å²) in [5.74, 6) is 3.18. The van der Waals surface area contributed by atoms with Crippen molar-refractivity contribution in [2.75, 3.05) is 0 Å². The third kappa shape index (κ3) is 1.36. The minimum absolute atomic E-state index is 1.03. The van der Waals surface area contributed by atoms with E-state index in [0.717, 1.165) is 17.8 Å². The molecule has 3 atom stereocenters. The fourth-order valence-corrected chi connectivity index (χ4v) is 2.30. The van der Waals surface area contributed by atoms with E-state index in [2.05, 4.69) is 20.8 Å². The summed E-state index contributed by atoms with van der Waals surface area (Å²) in [6.45, 7) is 7.05. The molecule has 0 heteroatoms. The van der Waals surface area contributed by atoms with Gasteiger partial charge < -0.3 is 0 Å². The van der Waals surface area contributed by atoms with Crippen LogP contribution in [-0.4, -0.2) is 0 Å². The summed E-state index contributed by atoms with van der Waals surface area (Å²) in [6, 6.07) is 0. The molecule has 1 rings (SSSR count). The van der Waals surface area contributed by atoms with Crippen LogP contribution >= 0.6 is 0 Å². The summed E-state index contributed by atoms with van der Waals surface area (Å²) >= 11 is 0. The minimum Gasteiger partial charge on any atom is -0.0654 e. The Bertz CT molecular complexity index is 96.2. The Kier molecular flexibility index (Phi) is 2.76. The van der Waals surface area contributed by atoms with E-state index in [4.69, 9.17) is 0 Å². The van der Waals surface area contributed by atoms with Crippen LogP contribution in [0.2, 0.25) is 0 Å². The molecule has 1 aliphatic carbocycles. The molecule has 0 aromatic carbocycles. The summed E-state index contributed by atoms with van der Waals surface area (Å²) in [5, 5.41) is 0. The van der Waals surface area contributed by atoms with Crippen LogP contribution in [0.1, 0.15) is 46.5 Å². The van der Waals surface area contributed by atoms with E-state index < -0.39 is 0 Å². The van der Waals surface area contributed by atoms with Crippen molar-refractivity contribution in [3.8, 4) is 0 Å². The highest BCUT2D eigenvalue weighted by molar-refractivity contribution is 4.84. The fraction of sp³-hybridized carbons (Fsp3) is 1.00. The van der Waals surface area contributed by atoms with Crippen molar-refractivity contribution < 1.29 is 0 Å². The van der Waals surface area contributed by atoms with Crippen molar-refractivity contribution in [1.82, 2.24) is 0 Å². The standard InChI is InChI=1S/C10H20/c1-4-6-10-7-9(5-2)8(10)3/h8-10H,4-7H2,1-3H3. The van der Waals surface area contributed by atoms with Gasteiger partial charge in [-0.3, -0.25) is 0 Å².